The SMILES string of the molecule is COC(=O)/C(CC(=O)C(C)(C)C)=N/NC(=O)c1c(I)cnn1C. The van der Waals surface area contributed by atoms with E-state index in [1.165, 1.54) is 18.0 Å². The smallest absolute Gasteiger partial charge is 0.354 e. The second-order valence-corrected chi connectivity index (χ2v) is 6.97. The molecule has 0 atom stereocenters. The first-order chi connectivity index (χ1) is 10.6. The summed E-state index contributed by atoms with van der Waals surface area (Å²) in [4.78, 5) is 35.9. The number of methoxy groups -OCH3 is 1. The molecule has 0 aliphatic heterocycles. The summed E-state index contributed by atoms with van der Waals surface area (Å²) in [6.45, 7) is 5.21. The van der Waals surface area contributed by atoms with Crippen LogP contribution >= 0.6 is 22.6 Å². The number of hydrogen-bond donors (Lipinski definition) is 1. The Morgan fingerprint density at radius 3 is 2.43 bits per heavy atom. The second-order valence-electron chi connectivity index (χ2n) is 5.81. The number of aryl methyl sites for hydroxylation is 1. The topological polar surface area (TPSA) is 103 Å². The first-order valence-corrected chi connectivity index (χ1v) is 7.81. The maximum atomic E-state index is 12.1. The van der Waals surface area contributed by atoms with Gasteiger partial charge in [-0.3, -0.25) is 14.3 Å². The van der Waals surface area contributed by atoms with Crippen LogP contribution in [0.5, 0.6) is 0 Å². The van der Waals surface area contributed by atoms with Gasteiger partial charge in [-0.05, 0) is 22.6 Å². The van der Waals surface area contributed by atoms with E-state index in [4.69, 9.17) is 0 Å². The van der Waals surface area contributed by atoms with E-state index in [1.807, 2.05) is 22.6 Å². The number of ether oxygens (including phenoxy) is 1. The number of aromatic nitrogens is 2. The highest BCUT2D eigenvalue weighted by Gasteiger charge is 2.26. The first kappa shape index (κ1) is 19.3. The Morgan fingerprint density at radius 1 is 1.39 bits per heavy atom. The van der Waals surface area contributed by atoms with Crippen LogP contribution in [0.1, 0.15) is 37.7 Å². The summed E-state index contributed by atoms with van der Waals surface area (Å²) in [6.07, 6.45) is 1.31. The van der Waals surface area contributed by atoms with Crippen molar-refractivity contribution in [1.29, 1.82) is 0 Å². The van der Waals surface area contributed by atoms with E-state index < -0.39 is 17.3 Å². The number of carbonyl (C=O) groups excluding carboxylic acids is 3. The van der Waals surface area contributed by atoms with Gasteiger partial charge >= 0.3 is 5.97 Å². The zero-order valence-electron chi connectivity index (χ0n) is 13.6. The number of Topliss-reactive ketones (excluding diaryl/α,β-unsaturated/α-hetero) is 1. The third-order valence-corrected chi connectivity index (χ3v) is 3.78. The van der Waals surface area contributed by atoms with E-state index in [9.17, 15) is 14.4 Å². The summed E-state index contributed by atoms with van der Waals surface area (Å²) in [5.41, 5.74) is 1.79. The molecule has 126 valence electrons. The zero-order valence-corrected chi connectivity index (χ0v) is 15.8. The number of ketones is 1. The predicted octanol–water partition coefficient (Wildman–Crippen LogP) is 1.29. The monoisotopic (exact) mass is 434 g/mol. The standard InChI is InChI=1S/C14H19IN4O4/c1-14(2,3)10(20)6-9(13(22)23-5)17-18-12(21)11-8(15)7-16-19(11)4/h7H,6H2,1-5H3,(H,18,21)/b17-9+. The van der Waals surface area contributed by atoms with Crippen molar-refractivity contribution < 1.29 is 19.1 Å². The maximum Gasteiger partial charge on any atom is 0.354 e. The van der Waals surface area contributed by atoms with Gasteiger partial charge in [-0.25, -0.2) is 10.2 Å². The minimum Gasteiger partial charge on any atom is -0.464 e. The van der Waals surface area contributed by atoms with Gasteiger partial charge in [0.15, 0.2) is 5.71 Å². The number of rotatable bonds is 5. The fourth-order valence-electron chi connectivity index (χ4n) is 1.53. The Bertz CT molecular complexity index is 639. The van der Waals surface area contributed by atoms with Gasteiger partial charge in [-0.15, -0.1) is 0 Å². The van der Waals surface area contributed by atoms with E-state index in [0.29, 0.717) is 9.26 Å². The van der Waals surface area contributed by atoms with E-state index in [-0.39, 0.29) is 17.9 Å². The lowest BCUT2D eigenvalue weighted by Gasteiger charge is -2.16. The van der Waals surface area contributed by atoms with Gasteiger partial charge in [0.25, 0.3) is 5.91 Å². The summed E-state index contributed by atoms with van der Waals surface area (Å²) in [7, 11) is 2.80. The quantitative estimate of drug-likeness (QED) is 0.326. The van der Waals surface area contributed by atoms with Gasteiger partial charge < -0.3 is 4.74 Å². The summed E-state index contributed by atoms with van der Waals surface area (Å²) in [5.74, 6) is -1.48. The van der Waals surface area contributed by atoms with E-state index in [0.717, 1.165) is 0 Å². The largest absolute Gasteiger partial charge is 0.464 e. The van der Waals surface area contributed by atoms with Crippen LogP contribution in [0.3, 0.4) is 0 Å². The van der Waals surface area contributed by atoms with Gasteiger partial charge in [-0.1, -0.05) is 20.8 Å². The van der Waals surface area contributed by atoms with E-state index in [1.54, 1.807) is 27.8 Å². The molecule has 23 heavy (non-hydrogen) atoms. The predicted molar refractivity (Wildman–Crippen MR) is 91.9 cm³/mol. The van der Waals surface area contributed by atoms with E-state index >= 15 is 0 Å². The summed E-state index contributed by atoms with van der Waals surface area (Å²) in [5, 5.41) is 7.71. The number of halogens is 1. The molecule has 0 bridgehead atoms. The molecule has 1 amide bonds. The molecule has 0 unspecified atom stereocenters. The molecule has 1 heterocycles. The minimum absolute atomic E-state index is 0.155. The zero-order chi connectivity index (χ0) is 17.8. The van der Waals surface area contributed by atoms with Gasteiger partial charge in [0.05, 0.1) is 23.3 Å². The number of esters is 1. The van der Waals surface area contributed by atoms with Gasteiger partial charge in [-0.2, -0.15) is 10.2 Å². The van der Waals surface area contributed by atoms with Crippen molar-refractivity contribution in [1.82, 2.24) is 15.2 Å². The molecule has 9 heteroatoms. The molecule has 8 nitrogen and oxygen atoms in total. The Hall–Kier alpha value is -1.78. The number of nitrogens with zero attached hydrogens (tertiary/aromatic N) is 3. The van der Waals surface area contributed by atoms with Crippen molar-refractivity contribution in [3.63, 3.8) is 0 Å². The molecule has 1 rings (SSSR count). The molecule has 0 saturated carbocycles. The molecule has 0 aromatic carbocycles. The van der Waals surface area contributed by atoms with Gasteiger partial charge in [0.2, 0.25) is 0 Å². The normalized spacial score (nSPS) is 12.0. The molecule has 1 N–H and O–H groups in total. The van der Waals surface area contributed by atoms with Crippen LogP contribution in [0.15, 0.2) is 11.3 Å². The molecule has 0 radical (unpaired) electrons. The van der Waals surface area contributed by atoms with Gasteiger partial charge in [0.1, 0.15) is 11.5 Å². The number of carbonyl (C=O) groups is 3. The number of hydrogen-bond acceptors (Lipinski definition) is 6. The van der Waals surface area contributed by atoms with Crippen molar-refractivity contribution >= 4 is 46.0 Å². The van der Waals surface area contributed by atoms with Crippen molar-refractivity contribution in [2.45, 2.75) is 27.2 Å². The highest BCUT2D eigenvalue weighted by molar-refractivity contribution is 14.1. The minimum atomic E-state index is -0.761. The van der Waals surface area contributed by atoms with Crippen LogP contribution in [0.2, 0.25) is 0 Å². The molecule has 0 spiro atoms. The molecule has 0 saturated heterocycles. The molecular formula is C14H19IN4O4. The maximum absolute atomic E-state index is 12.1. The highest BCUT2D eigenvalue weighted by Crippen LogP contribution is 2.17. The number of amides is 1. The van der Waals surface area contributed by atoms with Crippen LogP contribution in [0.4, 0.5) is 0 Å². The fraction of sp³-hybridized carbons (Fsp3) is 0.500. The Morgan fingerprint density at radius 2 is 2.00 bits per heavy atom. The lowest BCUT2D eigenvalue weighted by atomic mass is 9.88. The first-order valence-electron chi connectivity index (χ1n) is 6.74. The molecule has 0 aliphatic rings. The fourth-order valence-corrected chi connectivity index (χ4v) is 2.25. The number of hydrazone groups is 1. The highest BCUT2D eigenvalue weighted by atomic mass is 127. The molecular weight excluding hydrogens is 415 g/mol. The van der Waals surface area contributed by atoms with E-state index in [2.05, 4.69) is 20.4 Å². The molecule has 1 aromatic rings. The Labute approximate surface area is 147 Å². The Kier molecular flexibility index (Phi) is 6.42. The molecule has 1 aromatic heterocycles. The van der Waals surface area contributed by atoms with Crippen molar-refractivity contribution in [3.8, 4) is 0 Å². The average Bonchev–Trinajstić information content (AvgIpc) is 2.80. The second kappa shape index (κ2) is 7.66. The van der Waals surface area contributed by atoms with Crippen LogP contribution in [0, 0.1) is 8.99 Å². The molecule has 0 fully saturated rings. The summed E-state index contributed by atoms with van der Waals surface area (Å²) < 4.78 is 6.64. The summed E-state index contributed by atoms with van der Waals surface area (Å²) in [6, 6.07) is 0. The van der Waals surface area contributed by atoms with Crippen molar-refractivity contribution in [2.24, 2.45) is 17.6 Å². The third-order valence-electron chi connectivity index (χ3n) is 2.99. The third kappa shape index (κ3) is 5.12. The van der Waals surface area contributed by atoms with Crippen LogP contribution in [-0.4, -0.2) is 40.3 Å². The summed E-state index contributed by atoms with van der Waals surface area (Å²) >= 11 is 1.97. The molecule has 0 aliphatic carbocycles. The average molecular weight is 434 g/mol. The Balaban J connectivity index is 2.96. The van der Waals surface area contributed by atoms with Crippen molar-refractivity contribution in [3.05, 3.63) is 15.5 Å². The van der Waals surface area contributed by atoms with Crippen molar-refractivity contribution in [2.75, 3.05) is 7.11 Å². The van der Waals surface area contributed by atoms with Crippen LogP contribution in [0.25, 0.3) is 0 Å². The van der Waals surface area contributed by atoms with Crippen LogP contribution in [-0.2, 0) is 21.4 Å². The lowest BCUT2D eigenvalue weighted by molar-refractivity contribution is -0.134. The lowest BCUT2D eigenvalue weighted by Crippen LogP contribution is -2.30. The number of nitrogens with one attached hydrogen (secondary N) is 1. The van der Waals surface area contributed by atoms with Gasteiger partial charge in [0, 0.05) is 12.5 Å². The van der Waals surface area contributed by atoms with Crippen LogP contribution < -0.4 is 5.43 Å².